The molecule has 0 fully saturated rings. The average Bonchev–Trinajstić information content (AvgIpc) is 3.55. The zero-order valence-electron chi connectivity index (χ0n) is 56.5. The smallest absolute Gasteiger partial charge is 0.306 e. The lowest BCUT2D eigenvalue weighted by atomic mass is 10.0. The average molecular weight is 1190 g/mol. The van der Waals surface area contributed by atoms with E-state index < -0.39 is 6.10 Å². The van der Waals surface area contributed by atoms with E-state index in [2.05, 4.69) is 148 Å². The molecule has 0 saturated heterocycles. The third-order valence-electron chi connectivity index (χ3n) is 15.9. The minimum Gasteiger partial charge on any atom is -0.462 e. The first-order valence-electron chi connectivity index (χ1n) is 36.7. The summed E-state index contributed by atoms with van der Waals surface area (Å²) in [6.07, 6.45) is 112. The lowest BCUT2D eigenvalue weighted by molar-refractivity contribution is -0.161. The van der Waals surface area contributed by atoms with E-state index >= 15 is 0 Å². The molecule has 0 aliphatic heterocycles. The summed E-state index contributed by atoms with van der Waals surface area (Å²) in [6.45, 7) is 3.94. The number of ether oxygens (including phenoxy) is 2. The number of aliphatic hydroxyl groups excluding tert-OH is 1. The van der Waals surface area contributed by atoms with E-state index in [1.165, 1.54) is 212 Å². The molecule has 0 bridgehead atoms. The molecular formula is C81H138O5. The number of rotatable bonds is 67. The highest BCUT2D eigenvalue weighted by Crippen LogP contribution is 2.18. The second-order valence-corrected chi connectivity index (χ2v) is 24.3. The van der Waals surface area contributed by atoms with Crippen LogP contribution >= 0.6 is 0 Å². The fourth-order valence-electron chi connectivity index (χ4n) is 10.5. The highest BCUT2D eigenvalue weighted by Gasteiger charge is 2.16. The monoisotopic (exact) mass is 1190 g/mol. The van der Waals surface area contributed by atoms with E-state index in [0.717, 1.165) is 109 Å². The van der Waals surface area contributed by atoms with E-state index in [0.29, 0.717) is 12.8 Å². The van der Waals surface area contributed by atoms with Gasteiger partial charge in [-0.15, -0.1) is 0 Å². The molecule has 0 saturated carbocycles. The molecule has 1 N–H and O–H groups in total. The van der Waals surface area contributed by atoms with Crippen molar-refractivity contribution >= 4 is 11.9 Å². The SMILES string of the molecule is CC/C=C\C/C=C\C/C=C\C/C=C\C/C=C\C/C=C\C/C=C\CCCCCCCCCCCCCC(=O)OC(CO)COC(=O)CCCCCCCCCCCCCCCCCCCCCCCCCCCC/C=C\C/C=C\C/C=C\C/C=C\CC. The number of hydrogen-bond donors (Lipinski definition) is 1. The zero-order chi connectivity index (χ0) is 61.9. The maximum atomic E-state index is 12.4. The van der Waals surface area contributed by atoms with Crippen molar-refractivity contribution in [1.82, 2.24) is 0 Å². The molecule has 0 aromatic carbocycles. The first-order valence-corrected chi connectivity index (χ1v) is 36.7. The quantitative estimate of drug-likeness (QED) is 0.0373. The van der Waals surface area contributed by atoms with Crippen LogP contribution in [-0.2, 0) is 19.1 Å². The van der Waals surface area contributed by atoms with Crippen LogP contribution in [0.4, 0.5) is 0 Å². The Hall–Kier alpha value is -3.96. The Morgan fingerprint density at radius 3 is 0.698 bits per heavy atom. The molecule has 0 radical (unpaired) electrons. The molecule has 1 atom stereocenters. The van der Waals surface area contributed by atoms with Crippen molar-refractivity contribution < 1.29 is 24.2 Å². The number of unbranched alkanes of at least 4 members (excludes halogenated alkanes) is 37. The second kappa shape index (κ2) is 75.3. The molecule has 0 spiro atoms. The third kappa shape index (κ3) is 72.5. The van der Waals surface area contributed by atoms with Gasteiger partial charge in [0, 0.05) is 12.8 Å². The van der Waals surface area contributed by atoms with Crippen LogP contribution in [0.5, 0.6) is 0 Å². The van der Waals surface area contributed by atoms with E-state index in [4.69, 9.17) is 9.47 Å². The Bertz CT molecular complexity index is 1730. The predicted octanol–water partition coefficient (Wildman–Crippen LogP) is 25.9. The Kier molecular flexibility index (Phi) is 71.8. The van der Waals surface area contributed by atoms with Gasteiger partial charge in [0.2, 0.25) is 0 Å². The van der Waals surface area contributed by atoms with Crippen LogP contribution in [0.25, 0.3) is 0 Å². The Balaban J connectivity index is 3.45. The standard InChI is InChI=1S/C81H138O5/c1-3-5-7-9-11-13-15-17-19-21-23-25-27-29-31-33-35-37-38-39-40-41-42-44-45-47-49-51-53-55-57-59-61-63-65-67-69-71-73-75-80(83)85-78-79(77-82)86-81(84)76-74-72-70-68-66-64-62-60-58-56-54-52-50-48-46-43-36-34-32-30-28-26-24-22-20-18-16-14-12-10-8-6-4-2/h5-8,11-14,17-20,23-26,30,32,36,43,48,50,79,82H,3-4,9-10,15-16,21-22,27-29,31,33-35,37-42,44-47,49,51-78H2,1-2H3/b7-5-,8-6-,13-11-,14-12-,19-17-,20-18-,25-23-,26-24-,32-30-,43-36-,50-48-. The molecule has 0 aliphatic carbocycles. The van der Waals surface area contributed by atoms with Gasteiger partial charge in [-0.3, -0.25) is 9.59 Å². The van der Waals surface area contributed by atoms with Crippen molar-refractivity contribution in [3.63, 3.8) is 0 Å². The van der Waals surface area contributed by atoms with E-state index in [1.54, 1.807) is 0 Å². The first-order chi connectivity index (χ1) is 42.6. The number of allylic oxidation sites excluding steroid dienone is 22. The summed E-state index contributed by atoms with van der Waals surface area (Å²) in [5.74, 6) is -0.585. The van der Waals surface area contributed by atoms with Gasteiger partial charge in [0.25, 0.3) is 0 Å². The molecule has 86 heavy (non-hydrogen) atoms. The van der Waals surface area contributed by atoms with Gasteiger partial charge in [-0.25, -0.2) is 0 Å². The van der Waals surface area contributed by atoms with E-state index in [-0.39, 0.29) is 25.2 Å². The summed E-state index contributed by atoms with van der Waals surface area (Å²) in [7, 11) is 0. The second-order valence-electron chi connectivity index (χ2n) is 24.3. The van der Waals surface area contributed by atoms with Gasteiger partial charge in [-0.1, -0.05) is 359 Å². The van der Waals surface area contributed by atoms with Crippen LogP contribution in [-0.4, -0.2) is 36.4 Å². The maximum absolute atomic E-state index is 12.4. The van der Waals surface area contributed by atoms with Gasteiger partial charge in [0.1, 0.15) is 6.61 Å². The van der Waals surface area contributed by atoms with Crippen molar-refractivity contribution in [1.29, 1.82) is 0 Å². The van der Waals surface area contributed by atoms with Gasteiger partial charge in [-0.2, -0.15) is 0 Å². The van der Waals surface area contributed by atoms with Crippen molar-refractivity contribution in [3.8, 4) is 0 Å². The molecule has 0 aliphatic rings. The number of carbonyl (C=O) groups excluding carboxylic acids is 2. The van der Waals surface area contributed by atoms with Crippen molar-refractivity contribution in [2.24, 2.45) is 0 Å². The zero-order valence-corrected chi connectivity index (χ0v) is 56.5. The van der Waals surface area contributed by atoms with Crippen LogP contribution < -0.4 is 0 Å². The van der Waals surface area contributed by atoms with Crippen LogP contribution in [0.15, 0.2) is 134 Å². The van der Waals surface area contributed by atoms with Gasteiger partial charge in [0.15, 0.2) is 6.10 Å². The molecule has 0 aromatic rings. The van der Waals surface area contributed by atoms with E-state index in [9.17, 15) is 14.7 Å². The molecule has 5 heteroatoms. The number of carbonyl (C=O) groups is 2. The highest BCUT2D eigenvalue weighted by molar-refractivity contribution is 5.70. The minimum atomic E-state index is -0.781. The fourth-order valence-corrected chi connectivity index (χ4v) is 10.5. The Labute approximate surface area is 534 Å². The summed E-state index contributed by atoms with van der Waals surface area (Å²) in [5.41, 5.74) is 0. The van der Waals surface area contributed by atoms with Gasteiger partial charge in [0.05, 0.1) is 6.61 Å². The molecule has 492 valence electrons. The summed E-state index contributed by atoms with van der Waals surface area (Å²) >= 11 is 0. The van der Waals surface area contributed by atoms with Gasteiger partial charge >= 0.3 is 11.9 Å². The van der Waals surface area contributed by atoms with Gasteiger partial charge < -0.3 is 14.6 Å². The van der Waals surface area contributed by atoms with Crippen molar-refractivity contribution in [2.75, 3.05) is 13.2 Å². The number of hydrogen-bond acceptors (Lipinski definition) is 5. The minimum absolute atomic E-state index is 0.0689. The summed E-state index contributed by atoms with van der Waals surface area (Å²) in [5, 5.41) is 9.71. The first kappa shape index (κ1) is 82.0. The van der Waals surface area contributed by atoms with Crippen molar-refractivity contribution in [2.45, 2.75) is 354 Å². The van der Waals surface area contributed by atoms with Crippen LogP contribution in [0.1, 0.15) is 348 Å². The van der Waals surface area contributed by atoms with Crippen LogP contribution in [0, 0.1) is 0 Å². The number of aliphatic hydroxyl groups is 1. The largest absolute Gasteiger partial charge is 0.462 e. The normalized spacial score (nSPS) is 13.0. The highest BCUT2D eigenvalue weighted by atomic mass is 16.6. The van der Waals surface area contributed by atoms with E-state index in [1.807, 2.05) is 0 Å². The summed E-state index contributed by atoms with van der Waals surface area (Å²) in [4.78, 5) is 24.7. The van der Waals surface area contributed by atoms with Crippen molar-refractivity contribution in [3.05, 3.63) is 134 Å². The lowest BCUT2D eigenvalue weighted by Gasteiger charge is -2.15. The molecule has 1 unspecified atom stereocenters. The van der Waals surface area contributed by atoms with Crippen LogP contribution in [0.2, 0.25) is 0 Å². The van der Waals surface area contributed by atoms with Gasteiger partial charge in [-0.05, 0) is 109 Å². The van der Waals surface area contributed by atoms with Crippen LogP contribution in [0.3, 0.4) is 0 Å². The lowest BCUT2D eigenvalue weighted by Crippen LogP contribution is -2.28. The third-order valence-corrected chi connectivity index (χ3v) is 15.9. The maximum Gasteiger partial charge on any atom is 0.306 e. The Morgan fingerprint density at radius 2 is 0.465 bits per heavy atom. The molecule has 0 heterocycles. The molecule has 0 rings (SSSR count). The number of esters is 2. The molecule has 0 aromatic heterocycles. The Morgan fingerprint density at radius 1 is 0.267 bits per heavy atom. The molecule has 5 nitrogen and oxygen atoms in total. The molecular weight excluding hydrogens is 1050 g/mol. The predicted molar refractivity (Wildman–Crippen MR) is 380 cm³/mol. The fraction of sp³-hybridized carbons (Fsp3) is 0.704. The molecule has 0 amide bonds. The summed E-state index contributed by atoms with van der Waals surface area (Å²) < 4.78 is 10.8. The topological polar surface area (TPSA) is 72.8 Å². The summed E-state index contributed by atoms with van der Waals surface area (Å²) in [6, 6.07) is 0.